The van der Waals surface area contributed by atoms with E-state index in [0.29, 0.717) is 11.2 Å². The van der Waals surface area contributed by atoms with Gasteiger partial charge in [0.1, 0.15) is 0 Å². The van der Waals surface area contributed by atoms with Crippen molar-refractivity contribution in [3.05, 3.63) is 53.3 Å². The SMILES string of the molecule is CN(c1cccnc1)S(=O)(=O)c1ccc2c(c1)oc(=O)n2C. The molecule has 2 heterocycles. The fraction of sp³-hybridized carbons (Fsp3) is 0.143. The molecule has 22 heavy (non-hydrogen) atoms. The summed E-state index contributed by atoms with van der Waals surface area (Å²) >= 11 is 0. The number of nitrogens with zero attached hydrogens (tertiary/aromatic N) is 3. The number of rotatable bonds is 3. The van der Waals surface area contributed by atoms with Gasteiger partial charge in [0, 0.05) is 26.4 Å². The molecule has 1 aromatic carbocycles. The number of pyridine rings is 1. The number of oxazole rings is 1. The zero-order valence-corrected chi connectivity index (χ0v) is 12.7. The van der Waals surface area contributed by atoms with Crippen LogP contribution in [0.5, 0.6) is 0 Å². The number of hydrogen-bond acceptors (Lipinski definition) is 5. The standard InChI is InChI=1S/C14H13N3O4S/c1-16-12-6-5-11(8-13(12)21-14(16)18)22(19,20)17(2)10-4-3-7-15-9-10/h3-9H,1-2H3. The van der Waals surface area contributed by atoms with Crippen LogP contribution in [0.1, 0.15) is 0 Å². The van der Waals surface area contributed by atoms with Crippen LogP contribution in [-0.4, -0.2) is 25.0 Å². The molecule has 0 bridgehead atoms. The molecule has 0 saturated carbocycles. The summed E-state index contributed by atoms with van der Waals surface area (Å²) in [5.41, 5.74) is 1.21. The summed E-state index contributed by atoms with van der Waals surface area (Å²) in [7, 11) is -0.763. The second-order valence-corrected chi connectivity index (χ2v) is 6.71. The van der Waals surface area contributed by atoms with Gasteiger partial charge in [0.15, 0.2) is 5.58 Å². The molecule has 3 rings (SSSR count). The molecule has 3 aromatic rings. The Balaban J connectivity index is 2.11. The van der Waals surface area contributed by atoms with E-state index in [0.717, 1.165) is 4.31 Å². The van der Waals surface area contributed by atoms with Gasteiger partial charge in [-0.15, -0.1) is 0 Å². The summed E-state index contributed by atoms with van der Waals surface area (Å²) in [6, 6.07) is 7.63. The molecule has 2 aromatic heterocycles. The molecular weight excluding hydrogens is 306 g/mol. The fourth-order valence-electron chi connectivity index (χ4n) is 2.11. The molecule has 8 heteroatoms. The number of benzene rings is 1. The molecule has 0 aliphatic rings. The molecule has 0 radical (unpaired) electrons. The van der Waals surface area contributed by atoms with Crippen molar-refractivity contribution < 1.29 is 12.8 Å². The number of aromatic nitrogens is 2. The van der Waals surface area contributed by atoms with Gasteiger partial charge in [0.05, 0.1) is 22.3 Å². The minimum Gasteiger partial charge on any atom is -0.408 e. The van der Waals surface area contributed by atoms with E-state index in [9.17, 15) is 13.2 Å². The van der Waals surface area contributed by atoms with Crippen molar-refractivity contribution in [2.24, 2.45) is 7.05 Å². The lowest BCUT2D eigenvalue weighted by Gasteiger charge is -2.18. The van der Waals surface area contributed by atoms with Gasteiger partial charge < -0.3 is 4.42 Å². The fourth-order valence-corrected chi connectivity index (χ4v) is 3.31. The normalized spacial score (nSPS) is 11.7. The third-order valence-electron chi connectivity index (χ3n) is 3.43. The second kappa shape index (κ2) is 4.99. The first-order chi connectivity index (χ1) is 10.4. The molecule has 0 fully saturated rings. The third-order valence-corrected chi connectivity index (χ3v) is 5.21. The van der Waals surface area contributed by atoms with Crippen LogP contribution in [0.15, 0.2) is 56.8 Å². The maximum atomic E-state index is 12.6. The highest BCUT2D eigenvalue weighted by Gasteiger charge is 2.22. The van der Waals surface area contributed by atoms with E-state index in [1.165, 1.54) is 29.9 Å². The monoisotopic (exact) mass is 319 g/mol. The van der Waals surface area contributed by atoms with E-state index in [2.05, 4.69) is 4.98 Å². The molecule has 0 saturated heterocycles. The average molecular weight is 319 g/mol. The Kier molecular flexibility index (Phi) is 3.25. The lowest BCUT2D eigenvalue weighted by molar-refractivity contribution is 0.527. The average Bonchev–Trinajstić information content (AvgIpc) is 2.81. The molecular formula is C14H13N3O4S. The number of sulfonamides is 1. The van der Waals surface area contributed by atoms with Crippen molar-refractivity contribution >= 4 is 26.8 Å². The summed E-state index contributed by atoms with van der Waals surface area (Å²) in [5.74, 6) is -0.537. The quantitative estimate of drug-likeness (QED) is 0.727. The first kappa shape index (κ1) is 14.3. The minimum absolute atomic E-state index is 0.0423. The second-order valence-electron chi connectivity index (χ2n) is 4.74. The van der Waals surface area contributed by atoms with Crippen molar-refractivity contribution in [1.82, 2.24) is 9.55 Å². The Labute approximate surface area is 126 Å². The van der Waals surface area contributed by atoms with E-state index in [-0.39, 0.29) is 10.5 Å². The minimum atomic E-state index is -3.77. The van der Waals surface area contributed by atoms with Crippen LogP contribution < -0.4 is 10.1 Å². The first-order valence-corrected chi connectivity index (χ1v) is 7.84. The van der Waals surface area contributed by atoms with Gasteiger partial charge in [-0.1, -0.05) is 0 Å². The van der Waals surface area contributed by atoms with Crippen molar-refractivity contribution in [3.8, 4) is 0 Å². The van der Waals surface area contributed by atoms with Crippen LogP contribution in [0.3, 0.4) is 0 Å². The van der Waals surface area contributed by atoms with E-state index in [1.54, 1.807) is 31.4 Å². The van der Waals surface area contributed by atoms with Crippen LogP contribution in [0.2, 0.25) is 0 Å². The van der Waals surface area contributed by atoms with E-state index in [4.69, 9.17) is 4.42 Å². The molecule has 0 spiro atoms. The van der Waals surface area contributed by atoms with Gasteiger partial charge >= 0.3 is 5.76 Å². The van der Waals surface area contributed by atoms with E-state index in [1.807, 2.05) is 0 Å². The zero-order valence-electron chi connectivity index (χ0n) is 11.9. The van der Waals surface area contributed by atoms with Crippen LogP contribution >= 0.6 is 0 Å². The largest absolute Gasteiger partial charge is 0.419 e. The number of hydrogen-bond donors (Lipinski definition) is 0. The number of anilines is 1. The zero-order chi connectivity index (χ0) is 15.9. The van der Waals surface area contributed by atoms with Crippen molar-refractivity contribution in [2.75, 3.05) is 11.4 Å². The molecule has 0 N–H and O–H groups in total. The highest BCUT2D eigenvalue weighted by atomic mass is 32.2. The molecule has 0 aliphatic heterocycles. The summed E-state index contributed by atoms with van der Waals surface area (Å²) < 4.78 is 32.8. The highest BCUT2D eigenvalue weighted by molar-refractivity contribution is 7.92. The Morgan fingerprint density at radius 3 is 2.73 bits per heavy atom. The summed E-state index contributed by atoms with van der Waals surface area (Å²) in [4.78, 5) is 15.4. The lowest BCUT2D eigenvalue weighted by atomic mass is 10.3. The Hall–Kier alpha value is -2.61. The molecule has 0 unspecified atom stereocenters. The van der Waals surface area contributed by atoms with Gasteiger partial charge in [-0.2, -0.15) is 0 Å². The van der Waals surface area contributed by atoms with Crippen molar-refractivity contribution in [1.29, 1.82) is 0 Å². The smallest absolute Gasteiger partial charge is 0.408 e. The Morgan fingerprint density at radius 2 is 2.05 bits per heavy atom. The maximum absolute atomic E-state index is 12.6. The molecule has 0 atom stereocenters. The molecule has 7 nitrogen and oxygen atoms in total. The molecule has 0 amide bonds. The maximum Gasteiger partial charge on any atom is 0.419 e. The van der Waals surface area contributed by atoms with Crippen LogP contribution in [0.25, 0.3) is 11.1 Å². The van der Waals surface area contributed by atoms with Crippen molar-refractivity contribution in [3.63, 3.8) is 0 Å². The van der Waals surface area contributed by atoms with Gasteiger partial charge in [-0.25, -0.2) is 13.2 Å². The summed E-state index contributed by atoms with van der Waals surface area (Å²) in [6.45, 7) is 0. The third kappa shape index (κ3) is 2.17. The Bertz CT molecular complexity index is 990. The predicted octanol–water partition coefficient (Wildman–Crippen LogP) is 1.35. The van der Waals surface area contributed by atoms with Gasteiger partial charge in [0.2, 0.25) is 0 Å². The highest BCUT2D eigenvalue weighted by Crippen LogP contribution is 2.23. The van der Waals surface area contributed by atoms with Crippen LogP contribution in [0, 0.1) is 0 Å². The summed E-state index contributed by atoms with van der Waals surface area (Å²) in [5, 5.41) is 0. The van der Waals surface area contributed by atoms with Crippen LogP contribution in [0.4, 0.5) is 5.69 Å². The van der Waals surface area contributed by atoms with Crippen molar-refractivity contribution in [2.45, 2.75) is 4.90 Å². The topological polar surface area (TPSA) is 85.4 Å². The molecule has 0 aliphatic carbocycles. The van der Waals surface area contributed by atoms with Gasteiger partial charge in [-0.05, 0) is 24.3 Å². The number of fused-ring (bicyclic) bond motifs is 1. The first-order valence-electron chi connectivity index (χ1n) is 6.40. The van der Waals surface area contributed by atoms with Crippen LogP contribution in [-0.2, 0) is 17.1 Å². The number of aryl methyl sites for hydroxylation is 1. The Morgan fingerprint density at radius 1 is 1.27 bits per heavy atom. The lowest BCUT2D eigenvalue weighted by Crippen LogP contribution is -2.26. The van der Waals surface area contributed by atoms with E-state index < -0.39 is 15.8 Å². The summed E-state index contributed by atoms with van der Waals surface area (Å²) in [6.07, 6.45) is 3.02. The van der Waals surface area contributed by atoms with Gasteiger partial charge in [0.25, 0.3) is 10.0 Å². The van der Waals surface area contributed by atoms with E-state index >= 15 is 0 Å². The predicted molar refractivity (Wildman–Crippen MR) is 81.3 cm³/mol. The molecule has 114 valence electrons. The van der Waals surface area contributed by atoms with Gasteiger partial charge in [-0.3, -0.25) is 13.9 Å².